The predicted molar refractivity (Wildman–Crippen MR) is 132 cm³/mol. The van der Waals surface area contributed by atoms with Gasteiger partial charge in [-0.05, 0) is 44.0 Å². The van der Waals surface area contributed by atoms with Crippen LogP contribution >= 0.6 is 46.6 Å². The summed E-state index contributed by atoms with van der Waals surface area (Å²) in [4.78, 5) is 27.7. The minimum absolute atomic E-state index is 0.0306. The van der Waals surface area contributed by atoms with Crippen molar-refractivity contribution in [2.75, 3.05) is 5.75 Å². The molecule has 1 atom stereocenters. The van der Waals surface area contributed by atoms with Crippen molar-refractivity contribution < 1.29 is 9.59 Å². The molecule has 8 heteroatoms. The van der Waals surface area contributed by atoms with Gasteiger partial charge >= 0.3 is 0 Å². The average molecular weight is 502 g/mol. The normalized spacial score (nSPS) is 12.0. The van der Waals surface area contributed by atoms with E-state index in [-0.39, 0.29) is 30.2 Å². The van der Waals surface area contributed by atoms with Crippen LogP contribution in [0.15, 0.2) is 42.5 Å². The molecule has 168 valence electrons. The van der Waals surface area contributed by atoms with Gasteiger partial charge in [-0.15, -0.1) is 11.8 Å². The molecule has 31 heavy (non-hydrogen) atoms. The first-order valence-corrected chi connectivity index (χ1v) is 12.4. The molecule has 0 unspecified atom stereocenters. The molecule has 2 aromatic rings. The molecule has 0 aliphatic carbocycles. The van der Waals surface area contributed by atoms with Crippen LogP contribution in [-0.4, -0.2) is 34.6 Å². The molecule has 0 aliphatic rings. The van der Waals surface area contributed by atoms with E-state index in [9.17, 15) is 9.59 Å². The number of halogens is 3. The Kier molecular flexibility index (Phi) is 10.5. The van der Waals surface area contributed by atoms with E-state index in [4.69, 9.17) is 34.8 Å². The van der Waals surface area contributed by atoms with Crippen molar-refractivity contribution in [2.24, 2.45) is 0 Å². The van der Waals surface area contributed by atoms with Crippen molar-refractivity contribution in [3.8, 4) is 0 Å². The topological polar surface area (TPSA) is 49.4 Å². The minimum atomic E-state index is -0.622. The van der Waals surface area contributed by atoms with Gasteiger partial charge in [-0.2, -0.15) is 0 Å². The summed E-state index contributed by atoms with van der Waals surface area (Å²) in [7, 11) is 0. The highest BCUT2D eigenvalue weighted by Crippen LogP contribution is 2.28. The molecule has 1 N–H and O–H groups in total. The van der Waals surface area contributed by atoms with Crippen molar-refractivity contribution in [3.63, 3.8) is 0 Å². The minimum Gasteiger partial charge on any atom is -0.352 e. The lowest BCUT2D eigenvalue weighted by Gasteiger charge is -2.31. The Morgan fingerprint density at radius 3 is 2.19 bits per heavy atom. The second-order valence-electron chi connectivity index (χ2n) is 7.39. The third kappa shape index (κ3) is 7.60. The van der Waals surface area contributed by atoms with E-state index >= 15 is 0 Å². The van der Waals surface area contributed by atoms with Crippen LogP contribution in [0.4, 0.5) is 0 Å². The van der Waals surface area contributed by atoms with Crippen molar-refractivity contribution in [3.05, 3.63) is 68.7 Å². The van der Waals surface area contributed by atoms with Crippen molar-refractivity contribution >= 4 is 58.4 Å². The van der Waals surface area contributed by atoms with Gasteiger partial charge < -0.3 is 10.2 Å². The van der Waals surface area contributed by atoms with E-state index < -0.39 is 6.04 Å². The highest BCUT2D eigenvalue weighted by atomic mass is 35.5. The van der Waals surface area contributed by atoms with E-state index in [0.717, 1.165) is 5.56 Å². The molecule has 0 bridgehead atoms. The fourth-order valence-electron chi connectivity index (χ4n) is 3.10. The zero-order valence-electron chi connectivity index (χ0n) is 17.8. The third-order valence-corrected chi connectivity index (χ3v) is 6.69. The van der Waals surface area contributed by atoms with Gasteiger partial charge in [0.2, 0.25) is 11.8 Å². The number of benzene rings is 2. The van der Waals surface area contributed by atoms with Crippen molar-refractivity contribution in [1.82, 2.24) is 10.2 Å². The maximum absolute atomic E-state index is 13.2. The molecular weight excluding hydrogens is 475 g/mol. The number of carbonyl (C=O) groups excluding carboxylic acids is 2. The Hall–Kier alpha value is -1.40. The zero-order chi connectivity index (χ0) is 23.0. The standard InChI is InChI=1S/C23H27Cl3N2O2S/c1-4-21(23(30)27-15(2)3)28(12-17-19(25)10-7-11-20(17)26)22(29)14-31-13-16-8-5-6-9-18(16)24/h5-11,15,21H,4,12-14H2,1-3H3,(H,27,30)/t21-/m0/s1. The molecule has 4 nitrogen and oxygen atoms in total. The fraction of sp³-hybridized carbons (Fsp3) is 0.391. The average Bonchev–Trinajstić information content (AvgIpc) is 2.70. The van der Waals surface area contributed by atoms with E-state index in [0.29, 0.717) is 32.8 Å². The van der Waals surface area contributed by atoms with Crippen LogP contribution in [0, 0.1) is 0 Å². The number of amides is 2. The van der Waals surface area contributed by atoms with Crippen LogP contribution < -0.4 is 5.32 Å². The van der Waals surface area contributed by atoms with Crippen molar-refractivity contribution in [1.29, 1.82) is 0 Å². The summed E-state index contributed by atoms with van der Waals surface area (Å²) in [5.41, 5.74) is 1.60. The maximum Gasteiger partial charge on any atom is 0.243 e. The quantitative estimate of drug-likeness (QED) is 0.421. The Bertz CT molecular complexity index is 888. The molecule has 2 rings (SSSR count). The lowest BCUT2D eigenvalue weighted by atomic mass is 10.1. The molecular formula is C23H27Cl3N2O2S. The SMILES string of the molecule is CC[C@@H](C(=O)NC(C)C)N(Cc1c(Cl)cccc1Cl)C(=O)CSCc1ccccc1Cl. The van der Waals surface area contributed by atoms with Gasteiger partial charge in [-0.25, -0.2) is 0 Å². The molecule has 0 aliphatic heterocycles. The van der Waals surface area contributed by atoms with Gasteiger partial charge in [-0.1, -0.05) is 66.0 Å². The molecule has 0 aromatic heterocycles. The first-order chi connectivity index (χ1) is 14.7. The monoisotopic (exact) mass is 500 g/mol. The molecule has 0 heterocycles. The maximum atomic E-state index is 13.2. The number of nitrogens with zero attached hydrogens (tertiary/aromatic N) is 1. The Morgan fingerprint density at radius 1 is 1.00 bits per heavy atom. The molecule has 0 saturated heterocycles. The smallest absolute Gasteiger partial charge is 0.243 e. The Balaban J connectivity index is 2.21. The number of carbonyl (C=O) groups is 2. The summed E-state index contributed by atoms with van der Waals surface area (Å²) in [6.07, 6.45) is 0.474. The second-order valence-corrected chi connectivity index (χ2v) is 9.60. The number of nitrogens with one attached hydrogen (secondary N) is 1. The summed E-state index contributed by atoms with van der Waals surface area (Å²) >= 11 is 20.4. The Morgan fingerprint density at radius 2 is 1.61 bits per heavy atom. The van der Waals surface area contributed by atoms with Gasteiger partial charge in [0, 0.05) is 39.0 Å². The molecule has 0 radical (unpaired) electrons. The number of thioether (sulfide) groups is 1. The molecule has 0 fully saturated rings. The molecule has 0 saturated carbocycles. The van der Waals surface area contributed by atoms with Crippen molar-refractivity contribution in [2.45, 2.75) is 51.6 Å². The third-order valence-electron chi connectivity index (χ3n) is 4.65. The van der Waals surface area contributed by atoms with Crippen LogP contribution in [-0.2, 0) is 21.9 Å². The van der Waals surface area contributed by atoms with Crippen LogP contribution in [0.1, 0.15) is 38.3 Å². The fourth-order valence-corrected chi connectivity index (χ4v) is 4.81. The molecule has 2 aromatic carbocycles. The lowest BCUT2D eigenvalue weighted by molar-refractivity contribution is -0.139. The Labute approximate surface area is 203 Å². The van der Waals surface area contributed by atoms with Crippen LogP contribution in [0.2, 0.25) is 15.1 Å². The summed E-state index contributed by atoms with van der Waals surface area (Å²) in [5.74, 6) is 0.462. The van der Waals surface area contributed by atoms with E-state index in [1.54, 1.807) is 23.1 Å². The largest absolute Gasteiger partial charge is 0.352 e. The predicted octanol–water partition coefficient (Wildman–Crippen LogP) is 6.21. The highest BCUT2D eigenvalue weighted by Gasteiger charge is 2.29. The summed E-state index contributed by atoms with van der Waals surface area (Å²) in [6, 6.07) is 12.1. The second kappa shape index (κ2) is 12.6. The number of hydrogen-bond acceptors (Lipinski definition) is 3. The van der Waals surface area contributed by atoms with Gasteiger partial charge in [0.15, 0.2) is 0 Å². The van der Waals surface area contributed by atoms with Crippen LogP contribution in [0.5, 0.6) is 0 Å². The number of hydrogen-bond donors (Lipinski definition) is 1. The van der Waals surface area contributed by atoms with Gasteiger partial charge in [0.05, 0.1) is 5.75 Å². The van der Waals surface area contributed by atoms with Crippen LogP contribution in [0.3, 0.4) is 0 Å². The summed E-state index contributed by atoms with van der Waals surface area (Å²) in [6.45, 7) is 5.83. The van der Waals surface area contributed by atoms with E-state index in [2.05, 4.69) is 5.32 Å². The van der Waals surface area contributed by atoms with Gasteiger partial charge in [0.25, 0.3) is 0 Å². The van der Waals surface area contributed by atoms with Gasteiger partial charge in [-0.3, -0.25) is 9.59 Å². The highest BCUT2D eigenvalue weighted by molar-refractivity contribution is 7.99. The summed E-state index contributed by atoms with van der Waals surface area (Å²) < 4.78 is 0. The van der Waals surface area contributed by atoms with Gasteiger partial charge in [0.1, 0.15) is 6.04 Å². The lowest BCUT2D eigenvalue weighted by Crippen LogP contribution is -2.51. The molecule has 0 spiro atoms. The first-order valence-electron chi connectivity index (χ1n) is 10.1. The first kappa shape index (κ1) is 25.9. The van der Waals surface area contributed by atoms with Crippen LogP contribution in [0.25, 0.3) is 0 Å². The number of rotatable bonds is 10. The zero-order valence-corrected chi connectivity index (χ0v) is 20.9. The summed E-state index contributed by atoms with van der Waals surface area (Å²) in [5, 5.41) is 4.51. The van der Waals surface area contributed by atoms with E-state index in [1.165, 1.54) is 11.8 Å². The van der Waals surface area contributed by atoms with E-state index in [1.807, 2.05) is 45.0 Å². The molecule has 2 amide bonds.